The SMILES string of the molecule is CCC(=N)N(CC1CCCCC1)N=N. The lowest BCUT2D eigenvalue weighted by Gasteiger charge is -2.26. The van der Waals surface area contributed by atoms with Crippen LogP contribution in [0.25, 0.3) is 0 Å². The lowest BCUT2D eigenvalue weighted by atomic mass is 9.89. The molecular formula is C10H20N4. The highest BCUT2D eigenvalue weighted by Gasteiger charge is 2.18. The predicted molar refractivity (Wildman–Crippen MR) is 56.4 cm³/mol. The van der Waals surface area contributed by atoms with Crippen LogP contribution in [0.5, 0.6) is 0 Å². The first-order chi connectivity index (χ1) is 6.77. The highest BCUT2D eigenvalue weighted by Crippen LogP contribution is 2.24. The normalized spacial score (nSPS) is 17.8. The lowest BCUT2D eigenvalue weighted by Crippen LogP contribution is -2.30. The Bertz CT molecular complexity index is 196. The van der Waals surface area contributed by atoms with Gasteiger partial charge in [0, 0.05) is 13.0 Å². The first-order valence-corrected chi connectivity index (χ1v) is 5.50. The molecule has 1 fully saturated rings. The Kier molecular flexibility index (Phi) is 4.56. The van der Waals surface area contributed by atoms with Crippen molar-refractivity contribution in [1.82, 2.24) is 5.01 Å². The van der Waals surface area contributed by atoms with E-state index in [1.54, 1.807) is 0 Å². The number of rotatable bonds is 4. The Labute approximate surface area is 85.7 Å². The van der Waals surface area contributed by atoms with Gasteiger partial charge in [0.05, 0.1) is 0 Å². The second kappa shape index (κ2) is 5.73. The zero-order chi connectivity index (χ0) is 10.4. The topological polar surface area (TPSA) is 63.3 Å². The van der Waals surface area contributed by atoms with Crippen molar-refractivity contribution in [3.8, 4) is 0 Å². The fourth-order valence-electron chi connectivity index (χ4n) is 2.01. The number of nitrogens with zero attached hydrogens (tertiary/aromatic N) is 2. The third-order valence-electron chi connectivity index (χ3n) is 2.92. The summed E-state index contributed by atoms with van der Waals surface area (Å²) in [7, 11) is 0. The van der Waals surface area contributed by atoms with E-state index in [1.807, 2.05) is 6.92 Å². The smallest absolute Gasteiger partial charge is 0.118 e. The third kappa shape index (κ3) is 3.09. The minimum atomic E-state index is 0.463. The van der Waals surface area contributed by atoms with Crippen LogP contribution >= 0.6 is 0 Å². The standard InChI is InChI=1S/C10H20N4/c1-2-10(11)14(13-12)8-9-6-4-3-5-7-9/h9,11-12H,2-8H2,1H3. The fraction of sp³-hybridized carbons (Fsp3) is 0.900. The van der Waals surface area contributed by atoms with Gasteiger partial charge in [0.1, 0.15) is 5.84 Å². The summed E-state index contributed by atoms with van der Waals surface area (Å²) in [6.45, 7) is 2.71. The third-order valence-corrected chi connectivity index (χ3v) is 2.92. The number of hydrogen-bond donors (Lipinski definition) is 2. The summed E-state index contributed by atoms with van der Waals surface area (Å²) >= 11 is 0. The molecule has 1 saturated carbocycles. The maximum absolute atomic E-state index is 7.63. The number of amidine groups is 1. The average Bonchev–Trinajstić information content (AvgIpc) is 2.26. The van der Waals surface area contributed by atoms with Gasteiger partial charge in [-0.3, -0.25) is 5.41 Å². The molecule has 2 N–H and O–H groups in total. The van der Waals surface area contributed by atoms with Crippen molar-refractivity contribution < 1.29 is 0 Å². The number of hydrogen-bond acceptors (Lipinski definition) is 3. The van der Waals surface area contributed by atoms with Crippen LogP contribution in [0.2, 0.25) is 0 Å². The van der Waals surface area contributed by atoms with E-state index in [0.717, 1.165) is 6.54 Å². The van der Waals surface area contributed by atoms with Crippen molar-refractivity contribution in [3.63, 3.8) is 0 Å². The molecule has 1 aliphatic rings. The highest BCUT2D eigenvalue weighted by atomic mass is 15.5. The van der Waals surface area contributed by atoms with Gasteiger partial charge in [-0.2, -0.15) is 5.53 Å². The molecule has 1 aliphatic carbocycles. The molecule has 0 aromatic carbocycles. The second-order valence-corrected chi connectivity index (χ2v) is 3.99. The predicted octanol–water partition coefficient (Wildman–Crippen LogP) is 3.20. The molecule has 0 aliphatic heterocycles. The molecule has 0 radical (unpaired) electrons. The van der Waals surface area contributed by atoms with Gasteiger partial charge < -0.3 is 0 Å². The van der Waals surface area contributed by atoms with E-state index in [-0.39, 0.29) is 0 Å². The first kappa shape index (κ1) is 11.1. The summed E-state index contributed by atoms with van der Waals surface area (Å²) in [5.74, 6) is 1.11. The molecule has 4 nitrogen and oxygen atoms in total. The van der Waals surface area contributed by atoms with Crippen LogP contribution in [-0.4, -0.2) is 17.4 Å². The van der Waals surface area contributed by atoms with Crippen molar-refractivity contribution >= 4 is 5.84 Å². The molecule has 14 heavy (non-hydrogen) atoms. The summed E-state index contributed by atoms with van der Waals surface area (Å²) in [5, 5.41) is 12.6. The fourth-order valence-corrected chi connectivity index (χ4v) is 2.01. The maximum atomic E-state index is 7.63. The van der Waals surface area contributed by atoms with Gasteiger partial charge in [0.2, 0.25) is 0 Å². The van der Waals surface area contributed by atoms with Crippen molar-refractivity contribution in [1.29, 1.82) is 10.9 Å². The van der Waals surface area contributed by atoms with Gasteiger partial charge >= 0.3 is 0 Å². The van der Waals surface area contributed by atoms with E-state index < -0.39 is 0 Å². The van der Waals surface area contributed by atoms with Crippen LogP contribution in [0.3, 0.4) is 0 Å². The summed E-state index contributed by atoms with van der Waals surface area (Å²) in [4.78, 5) is 0. The average molecular weight is 196 g/mol. The largest absolute Gasteiger partial charge is 0.287 e. The summed E-state index contributed by atoms with van der Waals surface area (Å²) in [5.41, 5.74) is 7.02. The van der Waals surface area contributed by atoms with E-state index in [2.05, 4.69) is 5.22 Å². The van der Waals surface area contributed by atoms with Crippen LogP contribution in [0.15, 0.2) is 5.22 Å². The van der Waals surface area contributed by atoms with Gasteiger partial charge in [0.15, 0.2) is 0 Å². The molecular weight excluding hydrogens is 176 g/mol. The Hall–Kier alpha value is -0.930. The van der Waals surface area contributed by atoms with Gasteiger partial charge in [-0.05, 0) is 18.8 Å². The van der Waals surface area contributed by atoms with Gasteiger partial charge in [-0.25, -0.2) is 5.01 Å². The van der Waals surface area contributed by atoms with Crippen LogP contribution in [-0.2, 0) is 0 Å². The zero-order valence-electron chi connectivity index (χ0n) is 8.92. The molecule has 80 valence electrons. The Morgan fingerprint density at radius 2 is 2.00 bits per heavy atom. The van der Waals surface area contributed by atoms with Crippen LogP contribution in [0, 0.1) is 16.9 Å². The number of nitrogens with one attached hydrogen (secondary N) is 2. The molecule has 1 rings (SSSR count). The molecule has 4 heteroatoms. The molecule has 0 unspecified atom stereocenters. The molecule has 0 aromatic rings. The first-order valence-electron chi connectivity index (χ1n) is 5.50. The Morgan fingerprint density at radius 1 is 1.36 bits per heavy atom. The summed E-state index contributed by atoms with van der Waals surface area (Å²) in [6, 6.07) is 0. The molecule has 0 saturated heterocycles. The van der Waals surface area contributed by atoms with E-state index in [1.165, 1.54) is 37.1 Å². The molecule has 0 bridgehead atoms. The minimum absolute atomic E-state index is 0.463. The summed E-state index contributed by atoms with van der Waals surface area (Å²) in [6.07, 6.45) is 7.09. The molecule has 0 spiro atoms. The summed E-state index contributed by atoms with van der Waals surface area (Å²) < 4.78 is 0. The van der Waals surface area contributed by atoms with E-state index in [0.29, 0.717) is 18.2 Å². The van der Waals surface area contributed by atoms with Crippen molar-refractivity contribution in [2.45, 2.75) is 45.4 Å². The van der Waals surface area contributed by atoms with Gasteiger partial charge in [-0.1, -0.05) is 31.4 Å². The molecule has 0 atom stereocenters. The van der Waals surface area contributed by atoms with E-state index in [4.69, 9.17) is 10.9 Å². The van der Waals surface area contributed by atoms with Crippen molar-refractivity contribution in [2.75, 3.05) is 6.54 Å². The minimum Gasteiger partial charge on any atom is -0.287 e. The Morgan fingerprint density at radius 3 is 2.50 bits per heavy atom. The quantitative estimate of drug-likeness (QED) is 0.308. The monoisotopic (exact) mass is 196 g/mol. The second-order valence-electron chi connectivity index (χ2n) is 3.99. The lowest BCUT2D eigenvalue weighted by molar-refractivity contribution is 0.263. The Balaban J connectivity index is 2.38. The van der Waals surface area contributed by atoms with Crippen LogP contribution in [0.4, 0.5) is 0 Å². The van der Waals surface area contributed by atoms with Gasteiger partial charge in [-0.15, -0.1) is 0 Å². The highest BCUT2D eigenvalue weighted by molar-refractivity contribution is 5.78. The van der Waals surface area contributed by atoms with Gasteiger partial charge in [0.25, 0.3) is 0 Å². The molecule has 0 aromatic heterocycles. The van der Waals surface area contributed by atoms with E-state index >= 15 is 0 Å². The molecule has 0 heterocycles. The van der Waals surface area contributed by atoms with Crippen molar-refractivity contribution in [3.05, 3.63) is 0 Å². The van der Waals surface area contributed by atoms with Crippen molar-refractivity contribution in [2.24, 2.45) is 11.1 Å². The van der Waals surface area contributed by atoms with E-state index in [9.17, 15) is 0 Å². The molecule has 0 amide bonds. The van der Waals surface area contributed by atoms with Crippen LogP contribution < -0.4 is 0 Å². The maximum Gasteiger partial charge on any atom is 0.118 e. The van der Waals surface area contributed by atoms with Crippen LogP contribution in [0.1, 0.15) is 45.4 Å². The zero-order valence-corrected chi connectivity index (χ0v) is 8.92.